The van der Waals surface area contributed by atoms with Crippen molar-refractivity contribution < 1.29 is 26.3 Å². The van der Waals surface area contributed by atoms with Crippen LogP contribution in [0, 0.1) is 0 Å². The van der Waals surface area contributed by atoms with Gasteiger partial charge in [-0.05, 0) is 81.3 Å². The topological polar surface area (TPSA) is 24.1 Å². The number of anilines is 2. The molecule has 0 spiro atoms. The quantitative estimate of drug-likeness (QED) is 0.155. The first kappa shape index (κ1) is 36.9. The Morgan fingerprint density at radius 3 is 0.854 bits per heavy atom. The molecular weight excluding hydrogens is 622 g/mol. The van der Waals surface area contributed by atoms with Crippen molar-refractivity contribution in [1.82, 2.24) is 0 Å². The Labute approximate surface area is 281 Å². The first-order valence-electron chi connectivity index (χ1n) is 16.5. The fourth-order valence-electron chi connectivity index (χ4n) is 6.22. The normalized spacial score (nSPS) is 13.8. The van der Waals surface area contributed by atoms with Crippen molar-refractivity contribution in [3.05, 3.63) is 129 Å². The molecule has 48 heavy (non-hydrogen) atoms. The summed E-state index contributed by atoms with van der Waals surface area (Å²) in [6, 6.07) is 20.9. The van der Waals surface area contributed by atoms with Gasteiger partial charge in [-0.15, -0.1) is 0 Å². The first-order chi connectivity index (χ1) is 22.4. The summed E-state index contributed by atoms with van der Waals surface area (Å²) in [6.45, 7) is 16.6. The summed E-state index contributed by atoms with van der Waals surface area (Å²) < 4.78 is 82.3. The van der Waals surface area contributed by atoms with Crippen molar-refractivity contribution in [2.45, 2.75) is 103 Å². The maximum absolute atomic E-state index is 13.7. The van der Waals surface area contributed by atoms with Gasteiger partial charge in [-0.2, -0.15) is 26.3 Å². The van der Waals surface area contributed by atoms with Gasteiger partial charge < -0.3 is 10.6 Å². The molecule has 2 nitrogen and oxygen atoms in total. The van der Waals surface area contributed by atoms with Crippen molar-refractivity contribution >= 4 is 11.4 Å². The summed E-state index contributed by atoms with van der Waals surface area (Å²) in [5, 5.41) is 7.50. The minimum atomic E-state index is -4.52. The monoisotopic (exact) mass is 668 g/mol. The molecule has 0 aliphatic heterocycles. The van der Waals surface area contributed by atoms with Crippen molar-refractivity contribution in [3.63, 3.8) is 0 Å². The molecule has 0 unspecified atom stereocenters. The van der Waals surface area contributed by atoms with Crippen molar-refractivity contribution in [2.75, 3.05) is 10.6 Å². The second-order valence-electron chi connectivity index (χ2n) is 13.7. The molecule has 4 aromatic carbocycles. The van der Waals surface area contributed by atoms with Crippen LogP contribution in [0.15, 0.2) is 84.9 Å². The highest BCUT2D eigenvalue weighted by molar-refractivity contribution is 5.65. The van der Waals surface area contributed by atoms with Gasteiger partial charge in [-0.3, -0.25) is 0 Å². The van der Waals surface area contributed by atoms with Gasteiger partial charge in [0.15, 0.2) is 0 Å². The molecule has 0 aliphatic carbocycles. The summed E-state index contributed by atoms with van der Waals surface area (Å²) in [5.41, 5.74) is 5.45. The molecule has 0 aromatic heterocycles. The molecule has 0 saturated heterocycles. The maximum atomic E-state index is 13.7. The third-order valence-corrected chi connectivity index (χ3v) is 8.87. The van der Waals surface area contributed by atoms with Crippen LogP contribution in [0.3, 0.4) is 0 Å². The van der Waals surface area contributed by atoms with Crippen molar-refractivity contribution in [1.29, 1.82) is 0 Å². The smallest absolute Gasteiger partial charge is 0.375 e. The summed E-state index contributed by atoms with van der Waals surface area (Å²) in [7, 11) is 0. The molecule has 258 valence electrons. The zero-order valence-electron chi connectivity index (χ0n) is 28.8. The molecule has 0 radical (unpaired) electrons. The molecule has 0 aliphatic rings. The number of nitrogens with one attached hydrogen (secondary N) is 2. The molecule has 0 amide bonds. The third kappa shape index (κ3) is 8.37. The van der Waals surface area contributed by atoms with Gasteiger partial charge in [0.05, 0.1) is 23.2 Å². The second-order valence-corrected chi connectivity index (χ2v) is 13.7. The second kappa shape index (κ2) is 14.7. The van der Waals surface area contributed by atoms with E-state index < -0.39 is 35.6 Å². The van der Waals surface area contributed by atoms with Crippen LogP contribution in [0.1, 0.15) is 136 Å². The fourth-order valence-corrected chi connectivity index (χ4v) is 6.22. The summed E-state index contributed by atoms with van der Waals surface area (Å²) in [5.74, 6) is 0.467. The molecule has 0 heterocycles. The number of rotatable bonds is 11. The zero-order chi connectivity index (χ0) is 35.6. The highest BCUT2D eigenvalue weighted by Crippen LogP contribution is 2.44. The summed E-state index contributed by atoms with van der Waals surface area (Å²) in [4.78, 5) is 0. The molecule has 4 rings (SSSR count). The number of hydrogen-bond donors (Lipinski definition) is 2. The van der Waals surface area contributed by atoms with Crippen LogP contribution >= 0.6 is 0 Å². The Morgan fingerprint density at radius 2 is 0.646 bits per heavy atom. The van der Waals surface area contributed by atoms with Crippen molar-refractivity contribution in [3.8, 4) is 0 Å². The van der Waals surface area contributed by atoms with Crippen LogP contribution in [0.2, 0.25) is 0 Å². The largest absolute Gasteiger partial charge is 0.416 e. The number of alkyl halides is 6. The van der Waals surface area contributed by atoms with E-state index in [2.05, 4.69) is 66.0 Å². The van der Waals surface area contributed by atoms with E-state index in [0.29, 0.717) is 11.1 Å². The highest BCUT2D eigenvalue weighted by atomic mass is 19.4. The number of benzene rings is 4. The van der Waals surface area contributed by atoms with Crippen LogP contribution in [0.4, 0.5) is 37.7 Å². The van der Waals surface area contributed by atoms with E-state index in [4.69, 9.17) is 0 Å². The lowest BCUT2D eigenvalue weighted by Gasteiger charge is -2.35. The number of hydrogen-bond acceptors (Lipinski definition) is 2. The molecule has 8 heteroatoms. The van der Waals surface area contributed by atoms with E-state index in [9.17, 15) is 26.3 Å². The van der Waals surface area contributed by atoms with E-state index in [1.54, 1.807) is 0 Å². The molecule has 2 N–H and O–H groups in total. The van der Waals surface area contributed by atoms with Crippen LogP contribution in [0.25, 0.3) is 0 Å². The van der Waals surface area contributed by atoms with E-state index in [-0.39, 0.29) is 23.7 Å². The predicted octanol–water partition coefficient (Wildman–Crippen LogP) is 13.2. The van der Waals surface area contributed by atoms with Crippen LogP contribution in [-0.4, -0.2) is 0 Å². The Hall–Kier alpha value is -3.94. The lowest BCUT2D eigenvalue weighted by Crippen LogP contribution is -2.28. The average molecular weight is 669 g/mol. The molecule has 0 saturated carbocycles. The Kier molecular flexibility index (Phi) is 11.3. The van der Waals surface area contributed by atoms with E-state index in [1.165, 1.54) is 24.3 Å². The Bertz CT molecular complexity index is 1470. The third-order valence-electron chi connectivity index (χ3n) is 8.87. The molecular formula is C40H46F6N2. The van der Waals surface area contributed by atoms with Crippen molar-refractivity contribution in [2.24, 2.45) is 0 Å². The lowest BCUT2D eigenvalue weighted by molar-refractivity contribution is -0.138. The summed E-state index contributed by atoms with van der Waals surface area (Å²) in [6.07, 6.45) is -9.05. The Morgan fingerprint density at radius 1 is 0.396 bits per heavy atom. The highest BCUT2D eigenvalue weighted by Gasteiger charge is 2.34. The zero-order valence-corrected chi connectivity index (χ0v) is 28.8. The van der Waals surface area contributed by atoms with Gasteiger partial charge in [0, 0.05) is 11.4 Å². The van der Waals surface area contributed by atoms with Gasteiger partial charge in [0.1, 0.15) is 0 Å². The van der Waals surface area contributed by atoms with E-state index >= 15 is 0 Å². The molecule has 2 atom stereocenters. The number of halogens is 6. The van der Waals surface area contributed by atoms with Crippen LogP contribution in [-0.2, 0) is 12.4 Å². The van der Waals surface area contributed by atoms with Gasteiger partial charge in [0.2, 0.25) is 0 Å². The molecule has 4 aromatic rings. The Balaban J connectivity index is 2.03. The summed E-state index contributed by atoms with van der Waals surface area (Å²) >= 11 is 0. The molecule has 0 fully saturated rings. The van der Waals surface area contributed by atoms with Crippen LogP contribution < -0.4 is 10.6 Å². The maximum Gasteiger partial charge on any atom is 0.416 e. The number of para-hydroxylation sites is 2. The SMILES string of the molecule is CC(C)c1cccc(C(C)C)c1N[C@H](c1ccc(C(F)(F)F)cc1)[C@@H](Nc1c(C(C)C)cccc1C(C)C)c1ccc(C(F)(F)F)cc1. The lowest BCUT2D eigenvalue weighted by atomic mass is 9.87. The average Bonchev–Trinajstić information content (AvgIpc) is 3.01. The van der Waals surface area contributed by atoms with Gasteiger partial charge in [-0.1, -0.05) is 116 Å². The minimum absolute atomic E-state index is 0.117. The van der Waals surface area contributed by atoms with Gasteiger partial charge in [-0.25, -0.2) is 0 Å². The van der Waals surface area contributed by atoms with Gasteiger partial charge >= 0.3 is 12.4 Å². The van der Waals surface area contributed by atoms with E-state index in [0.717, 1.165) is 57.9 Å². The van der Waals surface area contributed by atoms with Gasteiger partial charge in [0.25, 0.3) is 0 Å². The van der Waals surface area contributed by atoms with Crippen LogP contribution in [0.5, 0.6) is 0 Å². The fraction of sp³-hybridized carbons (Fsp3) is 0.400. The first-order valence-corrected chi connectivity index (χ1v) is 16.5. The van der Waals surface area contributed by atoms with E-state index in [1.807, 2.05) is 36.4 Å². The minimum Gasteiger partial charge on any atom is -0.375 e. The standard InChI is InChI=1S/C40H46F6N2/c1-23(2)31-11-9-12-32(24(3)4)37(31)47-35(27-15-19-29(20-16-27)39(41,42)43)36(28-17-21-30(22-18-28)40(44,45)46)48-38-33(25(5)6)13-10-14-34(38)26(7)8/h9-26,35-36,47-48H,1-8H3/t35-,36+. The molecule has 0 bridgehead atoms. The predicted molar refractivity (Wildman–Crippen MR) is 185 cm³/mol.